The summed E-state index contributed by atoms with van der Waals surface area (Å²) in [7, 11) is 3.18. The molecule has 0 amide bonds. The summed E-state index contributed by atoms with van der Waals surface area (Å²) in [5.74, 6) is 1.58. The summed E-state index contributed by atoms with van der Waals surface area (Å²) in [6.07, 6.45) is 3.74. The second-order valence-corrected chi connectivity index (χ2v) is 8.38. The molecule has 5 rings (SSSR count). The van der Waals surface area contributed by atoms with Gasteiger partial charge in [-0.15, -0.1) is 0 Å². The molecule has 0 bridgehead atoms. The Kier molecular flexibility index (Phi) is 5.98. The quantitative estimate of drug-likeness (QED) is 0.195. The molecule has 0 saturated heterocycles. The number of methoxy groups -OCH3 is 2. The number of esters is 1. The summed E-state index contributed by atoms with van der Waals surface area (Å²) in [6, 6.07) is 15.7. The molecule has 0 fully saturated rings. The molecule has 0 aliphatic carbocycles. The zero-order valence-corrected chi connectivity index (χ0v) is 20.5. The van der Waals surface area contributed by atoms with Crippen molar-refractivity contribution < 1.29 is 28.5 Å². The van der Waals surface area contributed by atoms with E-state index >= 15 is 0 Å². The van der Waals surface area contributed by atoms with Crippen LogP contribution in [0, 0.1) is 6.92 Å². The number of hydrogen-bond acceptors (Lipinski definition) is 6. The van der Waals surface area contributed by atoms with Crippen molar-refractivity contribution in [3.05, 3.63) is 88.8 Å². The van der Waals surface area contributed by atoms with Crippen molar-refractivity contribution in [1.82, 2.24) is 4.57 Å². The maximum absolute atomic E-state index is 13.2. The van der Waals surface area contributed by atoms with Crippen molar-refractivity contribution in [2.75, 3.05) is 14.2 Å². The number of aryl methyl sites for hydroxylation is 1. The van der Waals surface area contributed by atoms with Gasteiger partial charge in [-0.2, -0.15) is 0 Å². The number of carbonyl (C=O) groups is 2. The van der Waals surface area contributed by atoms with Gasteiger partial charge in [-0.05, 0) is 74.5 Å². The largest absolute Gasteiger partial charge is 0.497 e. The zero-order valence-electron chi connectivity index (χ0n) is 20.5. The Morgan fingerprint density at radius 2 is 1.72 bits per heavy atom. The number of nitrogens with zero attached hydrogens (tertiary/aromatic N) is 1. The van der Waals surface area contributed by atoms with Crippen molar-refractivity contribution in [1.29, 1.82) is 0 Å². The lowest BCUT2D eigenvalue weighted by molar-refractivity contribution is 0.0733. The Morgan fingerprint density at radius 1 is 1.00 bits per heavy atom. The molecule has 7 heteroatoms. The van der Waals surface area contributed by atoms with Crippen LogP contribution in [0.1, 0.15) is 38.8 Å². The number of ether oxygens (including phenoxy) is 4. The normalized spacial score (nSPS) is 13.6. The average molecular weight is 484 g/mol. The van der Waals surface area contributed by atoms with Gasteiger partial charge >= 0.3 is 5.97 Å². The predicted octanol–water partition coefficient (Wildman–Crippen LogP) is 5.82. The van der Waals surface area contributed by atoms with E-state index in [1.54, 1.807) is 63.6 Å². The number of Topliss-reactive ketones (excluding diaryl/α,β-unsaturated/α-hetero) is 1. The van der Waals surface area contributed by atoms with Gasteiger partial charge in [0, 0.05) is 34.8 Å². The maximum Gasteiger partial charge on any atom is 0.343 e. The lowest BCUT2D eigenvalue weighted by Gasteiger charge is -2.10. The first-order valence-electron chi connectivity index (χ1n) is 11.5. The average Bonchev–Trinajstić information content (AvgIpc) is 3.42. The van der Waals surface area contributed by atoms with E-state index in [1.165, 1.54) is 0 Å². The van der Waals surface area contributed by atoms with Crippen LogP contribution in [0.2, 0.25) is 0 Å². The molecule has 2 heterocycles. The van der Waals surface area contributed by atoms with Crippen LogP contribution in [0.25, 0.3) is 17.0 Å². The van der Waals surface area contributed by atoms with Gasteiger partial charge in [0.1, 0.15) is 23.0 Å². The van der Waals surface area contributed by atoms with E-state index in [0.29, 0.717) is 33.9 Å². The molecule has 1 aromatic heterocycles. The van der Waals surface area contributed by atoms with Crippen molar-refractivity contribution in [3.63, 3.8) is 0 Å². The third-order valence-electron chi connectivity index (χ3n) is 6.31. The van der Waals surface area contributed by atoms with Crippen LogP contribution in [-0.2, 0) is 6.54 Å². The minimum atomic E-state index is -0.512. The number of benzene rings is 3. The summed E-state index contributed by atoms with van der Waals surface area (Å²) < 4.78 is 24.3. The first-order chi connectivity index (χ1) is 17.4. The van der Waals surface area contributed by atoms with Gasteiger partial charge in [0.15, 0.2) is 5.76 Å². The zero-order chi connectivity index (χ0) is 25.4. The molecule has 1 aliphatic rings. The Morgan fingerprint density at radius 3 is 2.42 bits per heavy atom. The minimum absolute atomic E-state index is 0.213. The van der Waals surface area contributed by atoms with Crippen LogP contribution in [0.15, 0.2) is 66.6 Å². The SMILES string of the molecule is CCn1cc(/C=C2/Oc3c(ccc(OC(=O)c4ccc(OC)cc4)c3C)C2=O)c2cc(OC)ccc21. The highest BCUT2D eigenvalue weighted by Crippen LogP contribution is 2.40. The Hall–Kier alpha value is -4.52. The number of hydrogen-bond donors (Lipinski definition) is 0. The molecule has 0 atom stereocenters. The monoisotopic (exact) mass is 483 g/mol. The molecular formula is C29H25NO6. The predicted molar refractivity (Wildman–Crippen MR) is 136 cm³/mol. The third kappa shape index (κ3) is 3.98. The van der Waals surface area contributed by atoms with E-state index in [1.807, 2.05) is 24.4 Å². The van der Waals surface area contributed by atoms with Crippen LogP contribution in [0.3, 0.4) is 0 Å². The maximum atomic E-state index is 13.2. The molecule has 0 N–H and O–H groups in total. The van der Waals surface area contributed by atoms with Gasteiger partial charge < -0.3 is 23.5 Å². The number of rotatable bonds is 6. The lowest BCUT2D eigenvalue weighted by Crippen LogP contribution is -2.09. The van der Waals surface area contributed by atoms with E-state index in [2.05, 4.69) is 11.5 Å². The number of aromatic nitrogens is 1. The lowest BCUT2D eigenvalue weighted by atomic mass is 10.1. The first-order valence-corrected chi connectivity index (χ1v) is 11.5. The number of fused-ring (bicyclic) bond motifs is 2. The molecule has 0 spiro atoms. The fraction of sp³-hybridized carbons (Fsp3) is 0.172. The topological polar surface area (TPSA) is 76.0 Å². The molecule has 0 unspecified atom stereocenters. The van der Waals surface area contributed by atoms with Gasteiger partial charge in [0.25, 0.3) is 0 Å². The Balaban J connectivity index is 1.45. The highest BCUT2D eigenvalue weighted by molar-refractivity contribution is 6.15. The van der Waals surface area contributed by atoms with E-state index in [4.69, 9.17) is 18.9 Å². The molecular weight excluding hydrogens is 458 g/mol. The van der Waals surface area contributed by atoms with Crippen molar-refractivity contribution >= 4 is 28.7 Å². The van der Waals surface area contributed by atoms with Gasteiger partial charge in [-0.3, -0.25) is 4.79 Å². The number of carbonyl (C=O) groups excluding carboxylic acids is 2. The van der Waals surface area contributed by atoms with Crippen molar-refractivity contribution in [3.8, 4) is 23.0 Å². The minimum Gasteiger partial charge on any atom is -0.497 e. The van der Waals surface area contributed by atoms with Crippen LogP contribution in [0.4, 0.5) is 0 Å². The van der Waals surface area contributed by atoms with Gasteiger partial charge in [-0.25, -0.2) is 4.79 Å². The van der Waals surface area contributed by atoms with E-state index in [-0.39, 0.29) is 11.5 Å². The van der Waals surface area contributed by atoms with Gasteiger partial charge in [0.05, 0.1) is 25.3 Å². The third-order valence-corrected chi connectivity index (χ3v) is 6.31. The summed E-state index contributed by atoms with van der Waals surface area (Å²) in [4.78, 5) is 25.8. The fourth-order valence-electron chi connectivity index (χ4n) is 4.31. The van der Waals surface area contributed by atoms with E-state index in [0.717, 1.165) is 28.8 Å². The summed E-state index contributed by atoms with van der Waals surface area (Å²) >= 11 is 0. The smallest absolute Gasteiger partial charge is 0.343 e. The molecule has 3 aromatic carbocycles. The summed E-state index contributed by atoms with van der Waals surface area (Å²) in [5, 5.41) is 0.960. The second kappa shape index (κ2) is 9.26. The van der Waals surface area contributed by atoms with Crippen LogP contribution in [-0.4, -0.2) is 30.5 Å². The molecule has 1 aliphatic heterocycles. The molecule has 4 aromatic rings. The van der Waals surface area contributed by atoms with E-state index < -0.39 is 5.97 Å². The van der Waals surface area contributed by atoms with Crippen LogP contribution < -0.4 is 18.9 Å². The highest BCUT2D eigenvalue weighted by atomic mass is 16.5. The standard InChI is InChI=1S/C29H25NO6/c1-5-30-16-19(23-15-21(34-4)10-12-24(23)30)14-26-27(31)22-11-13-25(17(2)28(22)35-26)36-29(32)18-6-8-20(33-3)9-7-18/h6-16H,5H2,1-4H3/b26-14+. The summed E-state index contributed by atoms with van der Waals surface area (Å²) in [6.45, 7) is 4.61. The number of allylic oxidation sites excluding steroid dienone is 1. The van der Waals surface area contributed by atoms with Gasteiger partial charge in [-0.1, -0.05) is 0 Å². The Bertz CT molecular complexity index is 1530. The molecule has 182 valence electrons. The second-order valence-electron chi connectivity index (χ2n) is 8.38. The molecule has 0 radical (unpaired) electrons. The Labute approximate surface area is 208 Å². The number of ketones is 1. The van der Waals surface area contributed by atoms with Crippen molar-refractivity contribution in [2.45, 2.75) is 20.4 Å². The molecule has 7 nitrogen and oxygen atoms in total. The van der Waals surface area contributed by atoms with Gasteiger partial charge in [0.2, 0.25) is 5.78 Å². The highest BCUT2D eigenvalue weighted by Gasteiger charge is 2.31. The van der Waals surface area contributed by atoms with Crippen LogP contribution >= 0.6 is 0 Å². The summed E-state index contributed by atoms with van der Waals surface area (Å²) in [5.41, 5.74) is 3.28. The molecule has 36 heavy (non-hydrogen) atoms. The van der Waals surface area contributed by atoms with E-state index in [9.17, 15) is 9.59 Å². The fourth-order valence-corrected chi connectivity index (χ4v) is 4.31. The first kappa shape index (κ1) is 23.2. The van der Waals surface area contributed by atoms with Crippen molar-refractivity contribution in [2.24, 2.45) is 0 Å². The molecule has 0 saturated carbocycles. The van der Waals surface area contributed by atoms with Crippen LogP contribution in [0.5, 0.6) is 23.0 Å².